The Morgan fingerprint density at radius 1 is 1.21 bits per heavy atom. The third-order valence-electron chi connectivity index (χ3n) is 6.23. The van der Waals surface area contributed by atoms with Crippen LogP contribution in [0.1, 0.15) is 61.4 Å². The van der Waals surface area contributed by atoms with Crippen molar-refractivity contribution in [2.75, 3.05) is 31.1 Å². The molecule has 0 bridgehead atoms. The van der Waals surface area contributed by atoms with Crippen LogP contribution in [0.3, 0.4) is 0 Å². The molecule has 2 atom stereocenters. The van der Waals surface area contributed by atoms with Crippen molar-refractivity contribution in [3.8, 4) is 5.88 Å². The van der Waals surface area contributed by atoms with Crippen LogP contribution in [-0.2, 0) is 0 Å². The number of aromatic nitrogens is 3. The van der Waals surface area contributed by atoms with Crippen molar-refractivity contribution in [3.05, 3.63) is 30.2 Å². The maximum Gasteiger partial charge on any atom is 0.291 e. The number of carbonyl (C=O) groups is 1. The molecule has 1 amide bonds. The molecule has 2 aromatic heterocycles. The van der Waals surface area contributed by atoms with Gasteiger partial charge in [0, 0.05) is 37.7 Å². The third kappa shape index (κ3) is 3.68. The van der Waals surface area contributed by atoms with Crippen molar-refractivity contribution < 1.29 is 13.9 Å². The zero-order valence-electron chi connectivity index (χ0n) is 16.8. The Bertz CT molecular complexity index is 881. The van der Waals surface area contributed by atoms with E-state index in [0.29, 0.717) is 30.1 Å². The summed E-state index contributed by atoms with van der Waals surface area (Å²) in [5, 5.41) is 0. The van der Waals surface area contributed by atoms with E-state index in [9.17, 15) is 4.79 Å². The zero-order chi connectivity index (χ0) is 19.8. The summed E-state index contributed by atoms with van der Waals surface area (Å²) >= 11 is 0. The highest BCUT2D eigenvalue weighted by atomic mass is 16.5. The first-order valence-corrected chi connectivity index (χ1v) is 10.7. The third-order valence-corrected chi connectivity index (χ3v) is 6.23. The van der Waals surface area contributed by atoms with E-state index in [1.54, 1.807) is 12.5 Å². The van der Waals surface area contributed by atoms with Crippen molar-refractivity contribution in [2.24, 2.45) is 5.92 Å². The molecule has 154 valence electrons. The number of hydrogen-bond acceptors (Lipinski definition) is 7. The number of likely N-dealkylation sites (tertiary alicyclic amines) is 1. The van der Waals surface area contributed by atoms with Crippen LogP contribution in [0, 0.1) is 5.92 Å². The van der Waals surface area contributed by atoms with E-state index < -0.39 is 0 Å². The molecule has 29 heavy (non-hydrogen) atoms. The van der Waals surface area contributed by atoms with Crippen molar-refractivity contribution in [1.29, 1.82) is 0 Å². The molecule has 0 spiro atoms. The maximum absolute atomic E-state index is 13.1. The summed E-state index contributed by atoms with van der Waals surface area (Å²) in [6.07, 6.45) is 8.47. The Labute approximate surface area is 170 Å². The fraction of sp³-hybridized carbons (Fsp3) is 0.619. The number of ether oxygens (including phenoxy) is 1. The Balaban J connectivity index is 1.28. The number of rotatable bonds is 5. The van der Waals surface area contributed by atoms with Crippen molar-refractivity contribution in [2.45, 2.75) is 51.0 Å². The van der Waals surface area contributed by atoms with Gasteiger partial charge >= 0.3 is 0 Å². The first-order chi connectivity index (χ1) is 14.2. The number of carbonyl (C=O) groups excluding carboxylic acids is 1. The number of piperidine rings is 2. The van der Waals surface area contributed by atoms with E-state index in [1.165, 1.54) is 0 Å². The van der Waals surface area contributed by atoms with Gasteiger partial charge in [0.2, 0.25) is 11.6 Å². The first kappa shape index (κ1) is 18.4. The molecule has 2 aliphatic heterocycles. The predicted octanol–water partition coefficient (Wildman–Crippen LogP) is 2.87. The molecule has 3 aliphatic rings. The zero-order valence-corrected chi connectivity index (χ0v) is 16.8. The first-order valence-electron chi connectivity index (χ1n) is 10.7. The number of anilines is 1. The van der Waals surface area contributed by atoms with Gasteiger partial charge in [-0.05, 0) is 44.9 Å². The smallest absolute Gasteiger partial charge is 0.291 e. The molecule has 8 heteroatoms. The second-order valence-electron chi connectivity index (χ2n) is 8.19. The van der Waals surface area contributed by atoms with Gasteiger partial charge in [-0.3, -0.25) is 4.79 Å². The van der Waals surface area contributed by atoms with Gasteiger partial charge in [0.05, 0.1) is 12.8 Å². The molecule has 0 N–H and O–H groups in total. The number of amides is 1. The lowest BCUT2D eigenvalue weighted by Crippen LogP contribution is -2.56. The Hall–Kier alpha value is -2.64. The summed E-state index contributed by atoms with van der Waals surface area (Å²) in [7, 11) is 0. The molecule has 0 radical (unpaired) electrons. The molecule has 0 aromatic carbocycles. The Kier molecular flexibility index (Phi) is 4.85. The van der Waals surface area contributed by atoms with Crippen molar-refractivity contribution >= 4 is 11.7 Å². The van der Waals surface area contributed by atoms with E-state index in [2.05, 4.69) is 19.9 Å². The molecule has 2 unspecified atom stereocenters. The lowest BCUT2D eigenvalue weighted by Gasteiger charge is -2.47. The Morgan fingerprint density at radius 2 is 2.10 bits per heavy atom. The molecule has 8 nitrogen and oxygen atoms in total. The van der Waals surface area contributed by atoms with Crippen LogP contribution < -0.4 is 9.64 Å². The van der Waals surface area contributed by atoms with E-state index >= 15 is 0 Å². The summed E-state index contributed by atoms with van der Waals surface area (Å²) in [6.45, 7) is 5.07. The summed E-state index contributed by atoms with van der Waals surface area (Å²) in [4.78, 5) is 30.4. The molecule has 2 aromatic rings. The van der Waals surface area contributed by atoms with E-state index in [0.717, 1.165) is 63.4 Å². The van der Waals surface area contributed by atoms with Crippen molar-refractivity contribution in [1.82, 2.24) is 19.9 Å². The molecule has 1 aliphatic carbocycles. The normalized spacial score (nSPS) is 24.3. The predicted molar refractivity (Wildman–Crippen MR) is 106 cm³/mol. The van der Waals surface area contributed by atoms with Crippen LogP contribution >= 0.6 is 0 Å². The fourth-order valence-corrected chi connectivity index (χ4v) is 4.64. The highest BCUT2D eigenvalue weighted by Gasteiger charge is 2.40. The SMILES string of the molecule is CCOc1cc(N2CCC3C(CCCN3C(=O)c3cnc(C4CC4)o3)C2)ncn1. The maximum atomic E-state index is 13.1. The lowest BCUT2D eigenvalue weighted by molar-refractivity contribution is 0.0417. The van der Waals surface area contributed by atoms with Crippen LogP contribution in [0.5, 0.6) is 5.88 Å². The minimum atomic E-state index is -0.00628. The van der Waals surface area contributed by atoms with Crippen molar-refractivity contribution in [3.63, 3.8) is 0 Å². The minimum Gasteiger partial charge on any atom is -0.478 e. The molecule has 2 saturated heterocycles. The second-order valence-corrected chi connectivity index (χ2v) is 8.19. The van der Waals surface area contributed by atoms with Gasteiger partial charge in [-0.2, -0.15) is 0 Å². The molecule has 3 fully saturated rings. The summed E-state index contributed by atoms with van der Waals surface area (Å²) in [5.41, 5.74) is 0. The molecule has 1 saturated carbocycles. The number of hydrogen-bond donors (Lipinski definition) is 0. The van der Waals surface area contributed by atoms with Gasteiger partial charge < -0.3 is 19.0 Å². The highest BCUT2D eigenvalue weighted by molar-refractivity contribution is 5.91. The topological polar surface area (TPSA) is 84.6 Å². The van der Waals surface area contributed by atoms with Crippen LogP contribution in [-0.4, -0.2) is 58.0 Å². The highest BCUT2D eigenvalue weighted by Crippen LogP contribution is 2.40. The van der Waals surface area contributed by atoms with Gasteiger partial charge in [-0.25, -0.2) is 15.0 Å². The van der Waals surface area contributed by atoms with Gasteiger partial charge in [0.25, 0.3) is 5.91 Å². The second kappa shape index (κ2) is 7.65. The van der Waals surface area contributed by atoms with Gasteiger partial charge in [0.1, 0.15) is 12.1 Å². The van der Waals surface area contributed by atoms with Gasteiger partial charge in [-0.15, -0.1) is 0 Å². The monoisotopic (exact) mass is 397 g/mol. The summed E-state index contributed by atoms with van der Waals surface area (Å²) in [6, 6.07) is 2.15. The fourth-order valence-electron chi connectivity index (χ4n) is 4.64. The van der Waals surface area contributed by atoms with Gasteiger partial charge in [0.15, 0.2) is 5.89 Å². The van der Waals surface area contributed by atoms with Crippen LogP contribution in [0.4, 0.5) is 5.82 Å². The average Bonchev–Trinajstić information content (AvgIpc) is 3.49. The number of oxazole rings is 1. The van der Waals surface area contributed by atoms with Crippen LogP contribution in [0.25, 0.3) is 0 Å². The minimum absolute atomic E-state index is 0.00628. The molecule has 5 rings (SSSR count). The summed E-state index contributed by atoms with van der Waals surface area (Å²) in [5.74, 6) is 3.47. The Morgan fingerprint density at radius 3 is 2.93 bits per heavy atom. The summed E-state index contributed by atoms with van der Waals surface area (Å²) < 4.78 is 11.3. The molecular weight excluding hydrogens is 370 g/mol. The van der Waals surface area contributed by atoms with E-state index in [4.69, 9.17) is 9.15 Å². The number of nitrogens with zero attached hydrogens (tertiary/aromatic N) is 5. The quantitative estimate of drug-likeness (QED) is 0.767. The van der Waals surface area contributed by atoms with E-state index in [1.807, 2.05) is 17.9 Å². The average molecular weight is 397 g/mol. The van der Waals surface area contributed by atoms with Gasteiger partial charge in [-0.1, -0.05) is 0 Å². The molecule has 4 heterocycles. The lowest BCUT2D eigenvalue weighted by atomic mass is 9.83. The van der Waals surface area contributed by atoms with Crippen LogP contribution in [0.15, 0.2) is 23.0 Å². The van der Waals surface area contributed by atoms with E-state index in [-0.39, 0.29) is 11.9 Å². The standard InChI is InChI=1S/C21H27N5O3/c1-2-28-19-10-18(23-13-24-19)25-9-7-16-15(12-25)4-3-8-26(16)21(27)17-11-22-20(29-17)14-5-6-14/h10-11,13-16H,2-9,12H2,1H3. The largest absolute Gasteiger partial charge is 0.478 e. The number of fused-ring (bicyclic) bond motifs is 1. The molecular formula is C21H27N5O3. The van der Waals surface area contributed by atoms with Crippen LogP contribution in [0.2, 0.25) is 0 Å².